The summed E-state index contributed by atoms with van der Waals surface area (Å²) >= 11 is 0. The Morgan fingerprint density at radius 2 is 1.85 bits per heavy atom. The zero-order chi connectivity index (χ0) is 23.8. The Morgan fingerprint density at radius 1 is 1.09 bits per heavy atom. The summed E-state index contributed by atoms with van der Waals surface area (Å²) in [6.45, 7) is -0.787. The topological polar surface area (TPSA) is 207 Å². The van der Waals surface area contributed by atoms with Crippen molar-refractivity contribution < 1.29 is 47.6 Å². The van der Waals surface area contributed by atoms with Gasteiger partial charge in [0.25, 0.3) is 0 Å². The molecule has 0 spiro atoms. The van der Waals surface area contributed by atoms with Crippen LogP contribution in [0.1, 0.15) is 18.2 Å². The van der Waals surface area contributed by atoms with Crippen molar-refractivity contribution in [3.05, 3.63) is 42.5 Å². The van der Waals surface area contributed by atoms with Crippen LogP contribution in [0.2, 0.25) is 0 Å². The fraction of sp³-hybridized carbons (Fsp3) is 0.353. The monoisotopic (exact) mass is 502 g/mol. The van der Waals surface area contributed by atoms with Gasteiger partial charge in [0.05, 0.1) is 25.6 Å². The Labute approximate surface area is 186 Å². The summed E-state index contributed by atoms with van der Waals surface area (Å²) in [6.07, 6.45) is 0.204. The number of phosphoric acid groups is 2. The molecule has 1 aliphatic rings. The molecule has 1 aromatic carbocycles. The highest BCUT2D eigenvalue weighted by Gasteiger charge is 2.37. The highest BCUT2D eigenvalue weighted by atomic mass is 31.2. The first-order valence-corrected chi connectivity index (χ1v) is 12.6. The predicted molar refractivity (Wildman–Crippen MR) is 110 cm³/mol. The van der Waals surface area contributed by atoms with E-state index >= 15 is 0 Å². The Bertz CT molecular complexity index is 1240. The van der Waals surface area contributed by atoms with Gasteiger partial charge in [0.15, 0.2) is 5.65 Å². The molecule has 1 fully saturated rings. The molecule has 0 saturated carbocycles. The van der Waals surface area contributed by atoms with Crippen LogP contribution in [-0.2, 0) is 29.5 Å². The van der Waals surface area contributed by atoms with Gasteiger partial charge in [-0.15, -0.1) is 0 Å². The van der Waals surface area contributed by atoms with E-state index in [9.17, 15) is 14.2 Å². The number of ether oxygens (including phenoxy) is 1. The van der Waals surface area contributed by atoms with Gasteiger partial charge in [0.2, 0.25) is 0 Å². The van der Waals surface area contributed by atoms with Crippen LogP contribution in [0.25, 0.3) is 22.4 Å². The first-order valence-electron chi connectivity index (χ1n) is 9.51. The summed E-state index contributed by atoms with van der Waals surface area (Å²) < 4.78 is 38.1. The molecule has 1 saturated heterocycles. The second-order valence-electron chi connectivity index (χ2n) is 7.23. The van der Waals surface area contributed by atoms with Crippen LogP contribution in [0.15, 0.2) is 36.9 Å². The Balaban J connectivity index is 1.58. The average molecular weight is 502 g/mol. The molecule has 5 N–H and O–H groups in total. The number of imidazole rings is 1. The maximum atomic E-state index is 11.0. The zero-order valence-corrected chi connectivity index (χ0v) is 18.6. The van der Waals surface area contributed by atoms with Crippen LogP contribution in [0, 0.1) is 0 Å². The molecule has 0 amide bonds. The largest absolute Gasteiger partial charge is 0.469 e. The van der Waals surface area contributed by atoms with Gasteiger partial charge in [-0.2, -0.15) is 0 Å². The van der Waals surface area contributed by atoms with E-state index in [1.165, 1.54) is 12.7 Å². The van der Waals surface area contributed by atoms with Crippen molar-refractivity contribution in [2.75, 3.05) is 6.61 Å². The number of aromatic nitrogens is 4. The van der Waals surface area contributed by atoms with Gasteiger partial charge in [0.1, 0.15) is 29.9 Å². The number of aliphatic hydroxyl groups is 1. The van der Waals surface area contributed by atoms with Crippen molar-refractivity contribution in [1.82, 2.24) is 19.5 Å². The molecule has 16 heteroatoms. The highest BCUT2D eigenvalue weighted by molar-refractivity contribution is 7.46. The third-order valence-corrected chi connectivity index (χ3v) is 5.83. The van der Waals surface area contributed by atoms with Gasteiger partial charge < -0.3 is 29.4 Å². The SMILES string of the molecule is O=P(O)(O)OCc1cccc(-c2ncnc3c2ncn3[C@H]2C[C@H](O)[C@@H](COP(=O)(O)O)O2)c1. The lowest BCUT2D eigenvalue weighted by molar-refractivity contribution is -0.0424. The molecule has 33 heavy (non-hydrogen) atoms. The standard InChI is InChI=1S/C17H20N4O10P2/c22-12-5-14(31-13(12)7-30-33(26,27)28)21-9-20-16-15(18-8-19-17(16)21)11-3-1-2-10(4-11)6-29-32(23,24)25/h1-4,8-9,12-14,22H,5-7H2,(H2,23,24,25)(H2,26,27,28)/t12-,13+,14+/m0/s1. The van der Waals surface area contributed by atoms with Gasteiger partial charge in [-0.05, 0) is 11.6 Å². The molecule has 0 bridgehead atoms. The maximum Gasteiger partial charge on any atom is 0.469 e. The van der Waals surface area contributed by atoms with Gasteiger partial charge in [-0.25, -0.2) is 24.1 Å². The molecule has 4 rings (SSSR count). The minimum atomic E-state index is -4.71. The lowest BCUT2D eigenvalue weighted by atomic mass is 10.1. The summed E-state index contributed by atoms with van der Waals surface area (Å²) in [4.78, 5) is 48.4. The summed E-state index contributed by atoms with van der Waals surface area (Å²) in [6, 6.07) is 6.72. The van der Waals surface area contributed by atoms with Crippen molar-refractivity contribution in [2.24, 2.45) is 0 Å². The zero-order valence-electron chi connectivity index (χ0n) is 16.8. The lowest BCUT2D eigenvalue weighted by Crippen LogP contribution is -2.25. The smallest absolute Gasteiger partial charge is 0.390 e. The third-order valence-electron chi connectivity index (χ3n) is 4.88. The summed E-state index contributed by atoms with van der Waals surface area (Å²) in [5.41, 5.74) is 2.39. The van der Waals surface area contributed by atoms with Crippen LogP contribution >= 0.6 is 15.6 Å². The van der Waals surface area contributed by atoms with E-state index in [0.717, 1.165) is 0 Å². The molecule has 0 radical (unpaired) electrons. The van der Waals surface area contributed by atoms with Gasteiger partial charge in [-0.3, -0.25) is 13.6 Å². The van der Waals surface area contributed by atoms with Crippen molar-refractivity contribution >= 4 is 26.8 Å². The lowest BCUT2D eigenvalue weighted by Gasteiger charge is -2.16. The van der Waals surface area contributed by atoms with E-state index < -0.39 is 40.7 Å². The number of aliphatic hydroxyl groups excluding tert-OH is 1. The Hall–Kier alpha value is -2.09. The fourth-order valence-corrected chi connectivity index (χ4v) is 4.11. The number of rotatable bonds is 8. The van der Waals surface area contributed by atoms with Gasteiger partial charge in [-0.1, -0.05) is 18.2 Å². The molecule has 3 aromatic rings. The van der Waals surface area contributed by atoms with Crippen molar-refractivity contribution in [2.45, 2.75) is 31.5 Å². The third kappa shape index (κ3) is 5.89. The molecule has 3 heterocycles. The number of nitrogens with zero attached hydrogens (tertiary/aromatic N) is 4. The number of phosphoric ester groups is 2. The highest BCUT2D eigenvalue weighted by Crippen LogP contribution is 2.39. The molecule has 2 aromatic heterocycles. The number of benzene rings is 1. The average Bonchev–Trinajstić information content (AvgIpc) is 3.33. The van der Waals surface area contributed by atoms with Crippen LogP contribution < -0.4 is 0 Å². The summed E-state index contributed by atoms with van der Waals surface area (Å²) in [7, 11) is -9.33. The van der Waals surface area contributed by atoms with Crippen LogP contribution in [0.3, 0.4) is 0 Å². The predicted octanol–water partition coefficient (Wildman–Crippen LogP) is 0.860. The first kappa shape index (κ1) is 24.0. The summed E-state index contributed by atoms with van der Waals surface area (Å²) in [5, 5.41) is 10.2. The molecule has 0 unspecified atom stereocenters. The molecule has 3 atom stereocenters. The second-order valence-corrected chi connectivity index (χ2v) is 9.71. The Kier molecular flexibility index (Phi) is 6.76. The normalized spacial score (nSPS) is 21.7. The first-order chi connectivity index (χ1) is 15.5. The minimum absolute atomic E-state index is 0.120. The number of fused-ring (bicyclic) bond motifs is 1. The molecular weight excluding hydrogens is 482 g/mol. The molecule has 178 valence electrons. The van der Waals surface area contributed by atoms with Crippen molar-refractivity contribution in [1.29, 1.82) is 0 Å². The molecule has 1 aliphatic heterocycles. The quantitative estimate of drug-likeness (QED) is 0.271. The number of hydrogen-bond acceptors (Lipinski definition) is 9. The number of hydrogen-bond donors (Lipinski definition) is 5. The van der Waals surface area contributed by atoms with Crippen molar-refractivity contribution in [3.63, 3.8) is 0 Å². The van der Waals surface area contributed by atoms with Crippen LogP contribution in [0.4, 0.5) is 0 Å². The minimum Gasteiger partial charge on any atom is -0.390 e. The van der Waals surface area contributed by atoms with Gasteiger partial charge in [0, 0.05) is 12.0 Å². The second kappa shape index (κ2) is 9.28. The van der Waals surface area contributed by atoms with E-state index in [-0.39, 0.29) is 13.0 Å². The van der Waals surface area contributed by atoms with E-state index in [1.54, 1.807) is 28.8 Å². The van der Waals surface area contributed by atoms with Crippen molar-refractivity contribution in [3.8, 4) is 11.3 Å². The fourth-order valence-electron chi connectivity index (χ4n) is 3.45. The molecule has 0 aliphatic carbocycles. The molecule has 14 nitrogen and oxygen atoms in total. The van der Waals surface area contributed by atoms with Crippen LogP contribution in [0.5, 0.6) is 0 Å². The summed E-state index contributed by atoms with van der Waals surface area (Å²) in [5.74, 6) is 0. The van der Waals surface area contributed by atoms with E-state index in [4.69, 9.17) is 24.3 Å². The van der Waals surface area contributed by atoms with E-state index in [0.29, 0.717) is 28.0 Å². The van der Waals surface area contributed by atoms with E-state index in [1.807, 2.05) is 0 Å². The Morgan fingerprint density at radius 3 is 2.58 bits per heavy atom. The maximum absolute atomic E-state index is 11.0. The molecular formula is C17H20N4O10P2. The van der Waals surface area contributed by atoms with E-state index in [2.05, 4.69) is 24.0 Å². The van der Waals surface area contributed by atoms with Gasteiger partial charge >= 0.3 is 15.6 Å². The van der Waals surface area contributed by atoms with Crippen LogP contribution in [-0.4, -0.2) is 63.0 Å².